The standard InChI is InChI=1S/C20H30N2O2/c1-5-16-6-8-17(9-7-16)14-21-15-18-10-12-22(13-11-18)19(23)24-20(2,3)4/h6-10,21H,5,11-15H2,1-4H3. The van der Waals surface area contributed by atoms with Crippen molar-refractivity contribution in [2.45, 2.75) is 52.7 Å². The van der Waals surface area contributed by atoms with Crippen LogP contribution in [0.4, 0.5) is 4.79 Å². The summed E-state index contributed by atoms with van der Waals surface area (Å²) in [6, 6.07) is 8.75. The SMILES string of the molecule is CCc1ccc(CNCC2=CCN(C(=O)OC(C)(C)C)CC2)cc1. The number of rotatable bonds is 5. The van der Waals surface area contributed by atoms with Gasteiger partial charge in [0.15, 0.2) is 0 Å². The molecule has 0 spiro atoms. The Balaban J connectivity index is 1.74. The minimum Gasteiger partial charge on any atom is -0.444 e. The van der Waals surface area contributed by atoms with Crippen LogP contribution in [0.3, 0.4) is 0 Å². The number of nitrogens with one attached hydrogen (secondary N) is 1. The number of ether oxygens (including phenoxy) is 1. The van der Waals surface area contributed by atoms with Crippen LogP contribution in [0, 0.1) is 0 Å². The Labute approximate surface area is 145 Å². The molecule has 0 unspecified atom stereocenters. The molecule has 0 radical (unpaired) electrons. The molecule has 0 saturated carbocycles. The van der Waals surface area contributed by atoms with Crippen LogP contribution in [-0.4, -0.2) is 36.2 Å². The summed E-state index contributed by atoms with van der Waals surface area (Å²) >= 11 is 0. The largest absolute Gasteiger partial charge is 0.444 e. The lowest BCUT2D eigenvalue weighted by Gasteiger charge is -2.29. The monoisotopic (exact) mass is 330 g/mol. The van der Waals surface area contributed by atoms with Gasteiger partial charge >= 0.3 is 6.09 Å². The number of benzene rings is 1. The topological polar surface area (TPSA) is 41.6 Å². The normalized spacial score (nSPS) is 15.2. The number of hydrogen-bond donors (Lipinski definition) is 1. The van der Waals surface area contributed by atoms with Crippen molar-refractivity contribution in [3.8, 4) is 0 Å². The Morgan fingerprint density at radius 3 is 2.38 bits per heavy atom. The van der Waals surface area contributed by atoms with Gasteiger partial charge in [0.1, 0.15) is 5.60 Å². The zero-order valence-corrected chi connectivity index (χ0v) is 15.4. The number of carbonyl (C=O) groups excluding carboxylic acids is 1. The van der Waals surface area contributed by atoms with Gasteiger partial charge in [-0.15, -0.1) is 0 Å². The Bertz CT molecular complexity index is 570. The first-order valence-electron chi connectivity index (χ1n) is 8.82. The van der Waals surface area contributed by atoms with Gasteiger partial charge in [-0.3, -0.25) is 0 Å². The van der Waals surface area contributed by atoms with E-state index in [0.717, 1.165) is 32.5 Å². The molecule has 1 aliphatic heterocycles. The van der Waals surface area contributed by atoms with Crippen molar-refractivity contribution in [3.05, 3.63) is 47.0 Å². The van der Waals surface area contributed by atoms with Crippen LogP contribution in [-0.2, 0) is 17.7 Å². The van der Waals surface area contributed by atoms with Gasteiger partial charge in [0.05, 0.1) is 0 Å². The summed E-state index contributed by atoms with van der Waals surface area (Å²) in [6.07, 6.45) is 3.90. The van der Waals surface area contributed by atoms with Crippen molar-refractivity contribution in [1.82, 2.24) is 10.2 Å². The lowest BCUT2D eigenvalue weighted by Crippen LogP contribution is -2.39. The molecule has 1 heterocycles. The third-order valence-electron chi connectivity index (χ3n) is 4.07. The Hall–Kier alpha value is -1.81. The molecule has 0 fully saturated rings. The molecule has 1 amide bonds. The highest BCUT2D eigenvalue weighted by Crippen LogP contribution is 2.15. The minimum absolute atomic E-state index is 0.221. The smallest absolute Gasteiger partial charge is 0.410 e. The highest BCUT2D eigenvalue weighted by Gasteiger charge is 2.23. The molecular formula is C20H30N2O2. The van der Waals surface area contributed by atoms with Crippen LogP contribution in [0.2, 0.25) is 0 Å². The second kappa shape index (κ2) is 8.34. The summed E-state index contributed by atoms with van der Waals surface area (Å²) in [6.45, 7) is 11.0. The Morgan fingerprint density at radius 1 is 1.17 bits per heavy atom. The van der Waals surface area contributed by atoms with E-state index in [0.29, 0.717) is 6.54 Å². The maximum Gasteiger partial charge on any atom is 0.410 e. The number of carbonyl (C=O) groups is 1. The molecule has 0 saturated heterocycles. The maximum atomic E-state index is 12.0. The predicted molar refractivity (Wildman–Crippen MR) is 98.0 cm³/mol. The zero-order chi connectivity index (χ0) is 17.6. The van der Waals surface area contributed by atoms with Gasteiger partial charge < -0.3 is 15.0 Å². The first-order chi connectivity index (χ1) is 11.4. The molecule has 4 nitrogen and oxygen atoms in total. The predicted octanol–water partition coefficient (Wildman–Crippen LogP) is 3.91. The van der Waals surface area contributed by atoms with Crippen molar-refractivity contribution in [2.75, 3.05) is 19.6 Å². The van der Waals surface area contributed by atoms with Crippen LogP contribution in [0.15, 0.2) is 35.9 Å². The first kappa shape index (κ1) is 18.5. The number of aryl methyl sites for hydroxylation is 1. The van der Waals surface area contributed by atoms with Gasteiger partial charge in [0.2, 0.25) is 0 Å². The summed E-state index contributed by atoms with van der Waals surface area (Å²) in [7, 11) is 0. The Morgan fingerprint density at radius 2 is 1.83 bits per heavy atom. The van der Waals surface area contributed by atoms with E-state index in [9.17, 15) is 4.79 Å². The van der Waals surface area contributed by atoms with Gasteiger partial charge in [-0.25, -0.2) is 4.79 Å². The minimum atomic E-state index is -0.435. The molecule has 2 rings (SSSR count). The van der Waals surface area contributed by atoms with Crippen molar-refractivity contribution in [2.24, 2.45) is 0 Å². The molecule has 0 aromatic heterocycles. The van der Waals surface area contributed by atoms with Crippen molar-refractivity contribution < 1.29 is 9.53 Å². The van der Waals surface area contributed by atoms with Gasteiger partial charge in [0.25, 0.3) is 0 Å². The molecule has 0 atom stereocenters. The third kappa shape index (κ3) is 6.00. The summed E-state index contributed by atoms with van der Waals surface area (Å²) in [5.74, 6) is 0. The fourth-order valence-corrected chi connectivity index (χ4v) is 2.62. The van der Waals surface area contributed by atoms with E-state index in [-0.39, 0.29) is 6.09 Å². The van der Waals surface area contributed by atoms with Crippen LogP contribution in [0.1, 0.15) is 45.2 Å². The van der Waals surface area contributed by atoms with Gasteiger partial charge in [-0.1, -0.05) is 42.8 Å². The van der Waals surface area contributed by atoms with Crippen LogP contribution < -0.4 is 5.32 Å². The fraction of sp³-hybridized carbons (Fsp3) is 0.550. The average molecular weight is 330 g/mol. The van der Waals surface area contributed by atoms with E-state index in [1.165, 1.54) is 16.7 Å². The molecule has 1 aliphatic rings. The molecule has 0 aliphatic carbocycles. The maximum absolute atomic E-state index is 12.0. The summed E-state index contributed by atoms with van der Waals surface area (Å²) < 4.78 is 5.41. The zero-order valence-electron chi connectivity index (χ0n) is 15.4. The first-order valence-corrected chi connectivity index (χ1v) is 8.82. The molecule has 0 bridgehead atoms. The second-order valence-corrected chi connectivity index (χ2v) is 7.31. The second-order valence-electron chi connectivity index (χ2n) is 7.31. The average Bonchev–Trinajstić information content (AvgIpc) is 2.54. The van der Waals surface area contributed by atoms with Crippen molar-refractivity contribution >= 4 is 6.09 Å². The molecule has 4 heteroatoms. The van der Waals surface area contributed by atoms with Crippen LogP contribution >= 0.6 is 0 Å². The third-order valence-corrected chi connectivity index (χ3v) is 4.07. The summed E-state index contributed by atoms with van der Waals surface area (Å²) in [5.41, 5.74) is 3.60. The van der Waals surface area contributed by atoms with E-state index >= 15 is 0 Å². The molecule has 132 valence electrons. The van der Waals surface area contributed by atoms with Crippen molar-refractivity contribution in [3.63, 3.8) is 0 Å². The van der Waals surface area contributed by atoms with E-state index < -0.39 is 5.60 Å². The van der Waals surface area contributed by atoms with E-state index in [1.807, 2.05) is 20.8 Å². The van der Waals surface area contributed by atoms with E-state index in [2.05, 4.69) is 42.6 Å². The van der Waals surface area contributed by atoms with Crippen molar-refractivity contribution in [1.29, 1.82) is 0 Å². The molecule has 1 N–H and O–H groups in total. The lowest BCUT2D eigenvalue weighted by atomic mass is 10.1. The van der Waals surface area contributed by atoms with Crippen LogP contribution in [0.25, 0.3) is 0 Å². The lowest BCUT2D eigenvalue weighted by molar-refractivity contribution is 0.0265. The molecule has 1 aromatic rings. The van der Waals surface area contributed by atoms with Crippen LogP contribution in [0.5, 0.6) is 0 Å². The summed E-state index contributed by atoms with van der Waals surface area (Å²) in [4.78, 5) is 13.8. The number of hydrogen-bond acceptors (Lipinski definition) is 3. The molecule has 1 aromatic carbocycles. The molecule has 24 heavy (non-hydrogen) atoms. The summed E-state index contributed by atoms with van der Waals surface area (Å²) in [5, 5.41) is 3.49. The van der Waals surface area contributed by atoms with E-state index in [1.54, 1.807) is 4.90 Å². The highest BCUT2D eigenvalue weighted by molar-refractivity contribution is 5.68. The Kier molecular flexibility index (Phi) is 6.44. The quantitative estimate of drug-likeness (QED) is 0.832. The fourth-order valence-electron chi connectivity index (χ4n) is 2.62. The number of amides is 1. The van der Waals surface area contributed by atoms with Gasteiger partial charge in [0, 0.05) is 26.2 Å². The highest BCUT2D eigenvalue weighted by atomic mass is 16.6. The van der Waals surface area contributed by atoms with E-state index in [4.69, 9.17) is 4.74 Å². The van der Waals surface area contributed by atoms with Gasteiger partial charge in [-0.2, -0.15) is 0 Å². The molecular weight excluding hydrogens is 300 g/mol. The van der Waals surface area contributed by atoms with Gasteiger partial charge in [-0.05, 0) is 44.7 Å². The number of nitrogens with zero attached hydrogens (tertiary/aromatic N) is 1.